The number of thioether (sulfide) groups is 1. The van der Waals surface area contributed by atoms with E-state index in [0.717, 1.165) is 24.3 Å². The first-order valence-corrected chi connectivity index (χ1v) is 8.87. The highest BCUT2D eigenvalue weighted by Gasteiger charge is 2.52. The van der Waals surface area contributed by atoms with Gasteiger partial charge in [-0.25, -0.2) is 8.78 Å². The van der Waals surface area contributed by atoms with Gasteiger partial charge in [-0.1, -0.05) is 0 Å². The average molecular weight is 418 g/mol. The summed E-state index contributed by atoms with van der Waals surface area (Å²) in [5, 5.41) is 0. The molecule has 0 atom stereocenters. The van der Waals surface area contributed by atoms with Crippen LogP contribution in [0.3, 0.4) is 0 Å². The van der Waals surface area contributed by atoms with Crippen LogP contribution in [0.25, 0.3) is 0 Å². The maximum atomic E-state index is 13.4. The van der Waals surface area contributed by atoms with Gasteiger partial charge in [0.1, 0.15) is 23.1 Å². The maximum absolute atomic E-state index is 13.4. The number of hydrogen-bond acceptors (Lipinski definition) is 5. The van der Waals surface area contributed by atoms with Crippen molar-refractivity contribution in [3.8, 4) is 11.5 Å². The Labute approximate surface area is 159 Å². The molecule has 0 radical (unpaired) electrons. The van der Waals surface area contributed by atoms with Gasteiger partial charge < -0.3 is 14.2 Å². The fourth-order valence-corrected chi connectivity index (χ4v) is 4.06. The molecule has 1 heterocycles. The molecule has 2 aromatic rings. The van der Waals surface area contributed by atoms with Crippen molar-refractivity contribution < 1.29 is 41.0 Å². The van der Waals surface area contributed by atoms with Crippen LogP contribution < -0.4 is 4.74 Å². The van der Waals surface area contributed by atoms with Crippen molar-refractivity contribution >= 4 is 17.5 Å². The predicted octanol–water partition coefficient (Wildman–Crippen LogP) is 5.16. The lowest BCUT2D eigenvalue weighted by atomic mass is 10.1. The number of ketones is 1. The molecule has 28 heavy (non-hydrogen) atoms. The zero-order chi connectivity index (χ0) is 20.1. The normalized spacial score (nSPS) is 18.0. The third kappa shape index (κ3) is 3.47. The van der Waals surface area contributed by atoms with Crippen molar-refractivity contribution in [2.24, 2.45) is 0 Å². The van der Waals surface area contributed by atoms with E-state index in [1.807, 2.05) is 0 Å². The Morgan fingerprint density at radius 3 is 2.29 bits per heavy atom. The van der Waals surface area contributed by atoms with Crippen LogP contribution in [0.15, 0.2) is 35.2 Å². The smallest absolute Gasteiger partial charge is 0.446 e. The van der Waals surface area contributed by atoms with Gasteiger partial charge >= 0.3 is 5.51 Å². The predicted molar refractivity (Wildman–Crippen MR) is 87.3 cm³/mol. The Bertz CT molecular complexity index is 933. The molecular formula is C18H11F5O4S. The minimum Gasteiger partial charge on any atom is -0.456 e. The number of carbonyl (C=O) groups is 1. The number of hydrogen-bond donors (Lipinski definition) is 0. The average Bonchev–Trinajstić information content (AvgIpc) is 3.13. The number of rotatable bonds is 3. The number of carbonyl (C=O) groups excluding carboxylic acids is 1. The van der Waals surface area contributed by atoms with Gasteiger partial charge in [-0.2, -0.15) is 13.2 Å². The summed E-state index contributed by atoms with van der Waals surface area (Å²) in [6, 6.07) is 4.70. The number of benzene rings is 2. The summed E-state index contributed by atoms with van der Waals surface area (Å²) in [5.41, 5.74) is -4.83. The van der Waals surface area contributed by atoms with E-state index in [1.165, 1.54) is 0 Å². The largest absolute Gasteiger partial charge is 0.456 e. The monoisotopic (exact) mass is 418 g/mol. The van der Waals surface area contributed by atoms with Crippen LogP contribution in [0.4, 0.5) is 22.0 Å². The quantitative estimate of drug-likeness (QED) is 0.509. The van der Waals surface area contributed by atoms with Gasteiger partial charge in [-0.15, -0.1) is 0 Å². The summed E-state index contributed by atoms with van der Waals surface area (Å²) in [5.74, 6) is -4.34. The first-order chi connectivity index (χ1) is 13.2. The second kappa shape index (κ2) is 6.71. The lowest BCUT2D eigenvalue weighted by molar-refractivity contribution is -0.159. The number of ether oxygens (including phenoxy) is 3. The van der Waals surface area contributed by atoms with E-state index in [2.05, 4.69) is 0 Å². The van der Waals surface area contributed by atoms with Crippen LogP contribution in [-0.4, -0.2) is 24.5 Å². The second-order valence-corrected chi connectivity index (χ2v) is 7.22. The molecular weight excluding hydrogens is 407 g/mol. The van der Waals surface area contributed by atoms with E-state index in [0.29, 0.717) is 6.07 Å². The van der Waals surface area contributed by atoms with Crippen molar-refractivity contribution in [3.63, 3.8) is 0 Å². The maximum Gasteiger partial charge on any atom is 0.446 e. The first kappa shape index (κ1) is 19.2. The molecule has 1 aliphatic heterocycles. The third-order valence-electron chi connectivity index (χ3n) is 4.23. The minimum absolute atomic E-state index is 0.0771. The first-order valence-electron chi connectivity index (χ1n) is 8.05. The van der Waals surface area contributed by atoms with Gasteiger partial charge in [0.25, 0.3) is 0 Å². The highest BCUT2D eigenvalue weighted by Crippen LogP contribution is 2.53. The molecule has 4 rings (SSSR count). The summed E-state index contributed by atoms with van der Waals surface area (Å²) in [7, 11) is 0. The number of fused-ring (bicyclic) bond motifs is 2. The van der Waals surface area contributed by atoms with Crippen molar-refractivity contribution in [2.75, 3.05) is 13.2 Å². The van der Waals surface area contributed by atoms with E-state index in [-0.39, 0.29) is 47.2 Å². The Kier molecular flexibility index (Phi) is 4.59. The fourth-order valence-electron chi connectivity index (χ4n) is 3.32. The zero-order valence-electron chi connectivity index (χ0n) is 13.9. The molecule has 0 amide bonds. The Morgan fingerprint density at radius 1 is 1.04 bits per heavy atom. The van der Waals surface area contributed by atoms with Gasteiger partial charge in [0.05, 0.1) is 25.2 Å². The lowest BCUT2D eigenvalue weighted by Gasteiger charge is -2.25. The van der Waals surface area contributed by atoms with Gasteiger partial charge in [-0.05, 0) is 23.9 Å². The Morgan fingerprint density at radius 2 is 1.68 bits per heavy atom. The van der Waals surface area contributed by atoms with E-state index in [9.17, 15) is 26.7 Å². The molecule has 0 unspecified atom stereocenters. The van der Waals surface area contributed by atoms with Crippen molar-refractivity contribution in [1.29, 1.82) is 0 Å². The van der Waals surface area contributed by atoms with Crippen LogP contribution in [0, 0.1) is 11.6 Å². The summed E-state index contributed by atoms with van der Waals surface area (Å²) in [6.07, 6.45) is -0.314. The molecule has 148 valence electrons. The van der Waals surface area contributed by atoms with E-state index >= 15 is 0 Å². The molecule has 1 spiro atoms. The molecule has 10 heteroatoms. The van der Waals surface area contributed by atoms with Gasteiger partial charge in [0, 0.05) is 28.7 Å². The van der Waals surface area contributed by atoms with Crippen LogP contribution in [0.5, 0.6) is 11.5 Å². The molecule has 1 saturated heterocycles. The molecule has 1 fully saturated rings. The van der Waals surface area contributed by atoms with Crippen molar-refractivity contribution in [2.45, 2.75) is 22.6 Å². The van der Waals surface area contributed by atoms with Gasteiger partial charge in [0.2, 0.25) is 5.79 Å². The second-order valence-electron chi connectivity index (χ2n) is 6.12. The minimum atomic E-state index is -4.60. The van der Waals surface area contributed by atoms with E-state index in [1.54, 1.807) is 0 Å². The van der Waals surface area contributed by atoms with Gasteiger partial charge in [0.15, 0.2) is 5.78 Å². The highest BCUT2D eigenvalue weighted by molar-refractivity contribution is 8.00. The topological polar surface area (TPSA) is 44.8 Å². The lowest BCUT2D eigenvalue weighted by Crippen LogP contribution is -2.25. The Balaban J connectivity index is 1.84. The van der Waals surface area contributed by atoms with Crippen LogP contribution >= 0.6 is 11.8 Å². The van der Waals surface area contributed by atoms with Crippen molar-refractivity contribution in [1.82, 2.24) is 0 Å². The summed E-state index contributed by atoms with van der Waals surface area (Å²) < 4.78 is 82.3. The van der Waals surface area contributed by atoms with Crippen LogP contribution in [-0.2, 0) is 15.3 Å². The SMILES string of the molecule is O=C1CC2(OCCO2)c2c(SC(F)(F)F)ccc(Oc3cc(F)cc(F)c3)c21. The van der Waals surface area contributed by atoms with Crippen molar-refractivity contribution in [3.05, 3.63) is 53.1 Å². The number of halogens is 5. The standard InChI is InChI=1S/C18H11F5O4S/c19-9-5-10(20)7-11(6-9)27-13-1-2-14(28-18(21,22)23)16-15(13)12(24)8-17(16)25-3-4-26-17/h1-2,5-7H,3-4,8H2. The fraction of sp³-hybridized carbons (Fsp3) is 0.278. The molecule has 2 aliphatic rings. The molecule has 0 aromatic heterocycles. The van der Waals surface area contributed by atoms with Crippen LogP contribution in [0.2, 0.25) is 0 Å². The zero-order valence-corrected chi connectivity index (χ0v) is 14.8. The summed E-state index contributed by atoms with van der Waals surface area (Å²) >= 11 is -0.399. The Hall–Kier alpha value is -2.17. The molecule has 0 saturated carbocycles. The van der Waals surface area contributed by atoms with Gasteiger partial charge in [-0.3, -0.25) is 4.79 Å². The molecule has 4 nitrogen and oxygen atoms in total. The molecule has 1 aliphatic carbocycles. The summed E-state index contributed by atoms with van der Waals surface area (Å²) in [4.78, 5) is 12.4. The molecule has 2 aromatic carbocycles. The van der Waals surface area contributed by atoms with Crippen LogP contribution in [0.1, 0.15) is 22.3 Å². The number of alkyl halides is 3. The van der Waals surface area contributed by atoms with E-state index < -0.39 is 40.5 Å². The number of Topliss-reactive ketones (excluding diaryl/α,β-unsaturated/α-hetero) is 1. The third-order valence-corrected chi connectivity index (χ3v) is 5.02. The molecule has 0 N–H and O–H groups in total. The summed E-state index contributed by atoms with van der Waals surface area (Å²) in [6.45, 7) is 0.228. The van der Waals surface area contributed by atoms with E-state index in [4.69, 9.17) is 14.2 Å². The highest BCUT2D eigenvalue weighted by atomic mass is 32.2. The molecule has 0 bridgehead atoms.